The van der Waals surface area contributed by atoms with Gasteiger partial charge in [-0.25, -0.2) is 0 Å². The number of nitrogens with zero attached hydrogens (tertiary/aromatic N) is 2. The average molecular weight is 345 g/mol. The molecular formula is C18H23N3O2S. The van der Waals surface area contributed by atoms with E-state index in [1.165, 1.54) is 0 Å². The molecule has 0 aliphatic carbocycles. The first-order valence-corrected chi connectivity index (χ1v) is 9.58. The summed E-state index contributed by atoms with van der Waals surface area (Å²) in [6.45, 7) is 4.07. The summed E-state index contributed by atoms with van der Waals surface area (Å²) in [4.78, 5) is 15.0. The van der Waals surface area contributed by atoms with Gasteiger partial charge in [-0.2, -0.15) is 17.0 Å². The van der Waals surface area contributed by atoms with Crippen LogP contribution in [0.25, 0.3) is 0 Å². The fraction of sp³-hybridized carbons (Fsp3) is 0.556. The molecule has 1 aromatic rings. The monoisotopic (exact) mass is 345 g/mol. The van der Waals surface area contributed by atoms with E-state index in [4.69, 9.17) is 10.00 Å². The molecule has 2 heterocycles. The molecule has 2 aliphatic rings. The maximum Gasteiger partial charge on any atom is 0.251 e. The topological polar surface area (TPSA) is 65.4 Å². The highest BCUT2D eigenvalue weighted by molar-refractivity contribution is 7.99. The number of morpholine rings is 1. The van der Waals surface area contributed by atoms with Gasteiger partial charge in [-0.1, -0.05) is 6.07 Å². The Hall–Kier alpha value is -1.55. The molecule has 1 aromatic carbocycles. The van der Waals surface area contributed by atoms with E-state index in [0.717, 1.165) is 50.7 Å². The van der Waals surface area contributed by atoms with Gasteiger partial charge in [0.25, 0.3) is 5.91 Å². The molecule has 3 rings (SSSR count). The van der Waals surface area contributed by atoms with Gasteiger partial charge in [-0.05, 0) is 42.5 Å². The van der Waals surface area contributed by atoms with Crippen LogP contribution in [0, 0.1) is 11.3 Å². The molecule has 2 fully saturated rings. The highest BCUT2D eigenvalue weighted by Gasteiger charge is 2.39. The van der Waals surface area contributed by atoms with E-state index in [0.29, 0.717) is 17.7 Å². The Bertz CT molecular complexity index is 617. The van der Waals surface area contributed by atoms with E-state index < -0.39 is 0 Å². The minimum absolute atomic E-state index is 0.0392. The zero-order valence-electron chi connectivity index (χ0n) is 13.8. The van der Waals surface area contributed by atoms with Crippen molar-refractivity contribution in [2.75, 3.05) is 44.4 Å². The molecule has 2 aliphatic heterocycles. The molecule has 1 N–H and O–H groups in total. The highest BCUT2D eigenvalue weighted by atomic mass is 32.2. The molecule has 0 unspecified atom stereocenters. The normalized spacial score (nSPS) is 21.0. The van der Waals surface area contributed by atoms with Crippen LogP contribution >= 0.6 is 11.8 Å². The Morgan fingerprint density at radius 2 is 2.08 bits per heavy atom. The van der Waals surface area contributed by atoms with Gasteiger partial charge in [-0.15, -0.1) is 0 Å². The summed E-state index contributed by atoms with van der Waals surface area (Å²) in [7, 11) is 0. The van der Waals surface area contributed by atoms with Gasteiger partial charge < -0.3 is 10.1 Å². The van der Waals surface area contributed by atoms with Crippen molar-refractivity contribution in [3.63, 3.8) is 0 Å². The summed E-state index contributed by atoms with van der Waals surface area (Å²) >= 11 is 1.99. The Kier molecular flexibility index (Phi) is 5.77. The largest absolute Gasteiger partial charge is 0.379 e. The van der Waals surface area contributed by atoms with Gasteiger partial charge in [0.1, 0.15) is 0 Å². The van der Waals surface area contributed by atoms with E-state index in [2.05, 4.69) is 16.3 Å². The molecule has 0 aromatic heterocycles. The molecule has 5 nitrogen and oxygen atoms in total. The molecule has 0 atom stereocenters. The maximum absolute atomic E-state index is 12.5. The summed E-state index contributed by atoms with van der Waals surface area (Å²) in [5, 5.41) is 12.1. The van der Waals surface area contributed by atoms with Crippen molar-refractivity contribution in [1.82, 2.24) is 10.2 Å². The first-order chi connectivity index (χ1) is 11.7. The van der Waals surface area contributed by atoms with Crippen LogP contribution in [0.15, 0.2) is 24.3 Å². The van der Waals surface area contributed by atoms with Crippen molar-refractivity contribution in [3.8, 4) is 6.07 Å². The summed E-state index contributed by atoms with van der Waals surface area (Å²) in [5.74, 6) is 2.17. The summed E-state index contributed by atoms with van der Waals surface area (Å²) < 4.78 is 5.49. The third kappa shape index (κ3) is 3.92. The van der Waals surface area contributed by atoms with E-state index >= 15 is 0 Å². The molecule has 0 saturated carbocycles. The van der Waals surface area contributed by atoms with Crippen molar-refractivity contribution in [2.24, 2.45) is 0 Å². The van der Waals surface area contributed by atoms with Crippen LogP contribution in [0.3, 0.4) is 0 Å². The predicted molar refractivity (Wildman–Crippen MR) is 95.2 cm³/mol. The smallest absolute Gasteiger partial charge is 0.251 e. The first kappa shape index (κ1) is 17.3. The lowest BCUT2D eigenvalue weighted by molar-refractivity contribution is -0.0255. The lowest BCUT2D eigenvalue weighted by atomic mass is 9.89. The third-order valence-corrected chi connectivity index (χ3v) is 5.92. The van der Waals surface area contributed by atoms with Crippen molar-refractivity contribution < 1.29 is 9.53 Å². The van der Waals surface area contributed by atoms with Crippen LogP contribution in [0.1, 0.15) is 28.8 Å². The van der Waals surface area contributed by atoms with Crippen molar-refractivity contribution >= 4 is 17.7 Å². The van der Waals surface area contributed by atoms with E-state index in [-0.39, 0.29) is 11.4 Å². The zero-order chi connectivity index (χ0) is 16.8. The minimum Gasteiger partial charge on any atom is -0.379 e. The molecule has 1 amide bonds. The van der Waals surface area contributed by atoms with Gasteiger partial charge in [0.15, 0.2) is 0 Å². The van der Waals surface area contributed by atoms with E-state index in [1.807, 2.05) is 11.8 Å². The highest BCUT2D eigenvalue weighted by Crippen LogP contribution is 2.32. The van der Waals surface area contributed by atoms with E-state index in [9.17, 15) is 4.79 Å². The first-order valence-electron chi connectivity index (χ1n) is 8.42. The minimum atomic E-state index is -0.0991. The molecule has 24 heavy (non-hydrogen) atoms. The maximum atomic E-state index is 12.5. The number of ether oxygens (including phenoxy) is 1. The fourth-order valence-electron chi connectivity index (χ4n) is 3.47. The number of nitrogens with one attached hydrogen (secondary N) is 1. The summed E-state index contributed by atoms with van der Waals surface area (Å²) in [6, 6.07) is 8.95. The zero-order valence-corrected chi connectivity index (χ0v) is 14.6. The quantitative estimate of drug-likeness (QED) is 0.903. The standard InChI is InChI=1S/C18H23N3O2S/c19-13-15-2-1-3-16(12-15)17(22)20-14-18(4-10-24-11-5-18)21-6-8-23-9-7-21/h1-3,12H,4-11,14H2,(H,20,22). The number of hydrogen-bond acceptors (Lipinski definition) is 5. The van der Waals surface area contributed by atoms with Crippen molar-refractivity contribution in [2.45, 2.75) is 18.4 Å². The van der Waals surface area contributed by atoms with Gasteiger partial charge in [-0.3, -0.25) is 9.69 Å². The molecular weight excluding hydrogens is 322 g/mol. The van der Waals surface area contributed by atoms with Crippen molar-refractivity contribution in [1.29, 1.82) is 5.26 Å². The van der Waals surface area contributed by atoms with Crippen LogP contribution in [0.4, 0.5) is 0 Å². The number of amides is 1. The number of rotatable bonds is 4. The van der Waals surface area contributed by atoms with Gasteiger partial charge in [0.05, 0.1) is 24.8 Å². The van der Waals surface area contributed by atoms with E-state index in [1.54, 1.807) is 24.3 Å². The second kappa shape index (κ2) is 8.02. The molecule has 6 heteroatoms. The second-order valence-electron chi connectivity index (χ2n) is 6.31. The molecule has 0 radical (unpaired) electrons. The number of hydrogen-bond donors (Lipinski definition) is 1. The van der Waals surface area contributed by atoms with Crippen LogP contribution in [-0.4, -0.2) is 60.7 Å². The number of benzene rings is 1. The van der Waals surface area contributed by atoms with Crippen LogP contribution in [0.2, 0.25) is 0 Å². The molecule has 128 valence electrons. The Labute approximate surface area is 147 Å². The van der Waals surface area contributed by atoms with Crippen LogP contribution in [0.5, 0.6) is 0 Å². The number of carbonyl (C=O) groups excluding carboxylic acids is 1. The Morgan fingerprint density at radius 3 is 2.79 bits per heavy atom. The second-order valence-corrected chi connectivity index (χ2v) is 7.54. The Balaban J connectivity index is 1.68. The van der Waals surface area contributed by atoms with Gasteiger partial charge >= 0.3 is 0 Å². The summed E-state index contributed by atoms with van der Waals surface area (Å²) in [6.07, 6.45) is 2.19. The number of carbonyl (C=O) groups is 1. The number of nitriles is 1. The number of thioether (sulfide) groups is 1. The molecule has 0 spiro atoms. The fourth-order valence-corrected chi connectivity index (χ4v) is 4.72. The molecule has 0 bridgehead atoms. The average Bonchev–Trinajstić information content (AvgIpc) is 2.67. The Morgan fingerprint density at radius 1 is 1.33 bits per heavy atom. The lowest BCUT2D eigenvalue weighted by Gasteiger charge is -2.48. The van der Waals surface area contributed by atoms with Crippen LogP contribution < -0.4 is 5.32 Å². The SMILES string of the molecule is N#Cc1cccc(C(=O)NCC2(N3CCOCC3)CCSCC2)c1. The van der Waals surface area contributed by atoms with Crippen molar-refractivity contribution in [3.05, 3.63) is 35.4 Å². The lowest BCUT2D eigenvalue weighted by Crippen LogP contribution is -2.60. The van der Waals surface area contributed by atoms with Gasteiger partial charge in [0, 0.05) is 30.7 Å². The van der Waals surface area contributed by atoms with Crippen LogP contribution in [-0.2, 0) is 4.74 Å². The molecule has 2 saturated heterocycles. The predicted octanol–water partition coefficient (Wildman–Crippen LogP) is 1.89. The van der Waals surface area contributed by atoms with Gasteiger partial charge in [0.2, 0.25) is 0 Å². The summed E-state index contributed by atoms with van der Waals surface area (Å²) in [5.41, 5.74) is 1.10. The third-order valence-electron chi connectivity index (χ3n) is 4.94.